The number of carbonyl (C=O) groups is 1. The van der Waals surface area contributed by atoms with Gasteiger partial charge >= 0.3 is 5.97 Å². The number of benzene rings is 1. The molecule has 1 N–H and O–H groups in total. The van der Waals surface area contributed by atoms with Crippen molar-refractivity contribution < 1.29 is 18.7 Å². The van der Waals surface area contributed by atoms with Crippen molar-refractivity contribution in [3.05, 3.63) is 35.5 Å². The van der Waals surface area contributed by atoms with Gasteiger partial charge in [-0.05, 0) is 31.0 Å². The van der Waals surface area contributed by atoms with Crippen molar-refractivity contribution in [2.75, 3.05) is 0 Å². The number of aliphatic carboxylic acids is 1. The van der Waals surface area contributed by atoms with Crippen LogP contribution in [0.15, 0.2) is 22.6 Å². The summed E-state index contributed by atoms with van der Waals surface area (Å²) in [5.41, 5.74) is 1.06. The molecule has 0 amide bonds. The third-order valence-electron chi connectivity index (χ3n) is 2.67. The van der Waals surface area contributed by atoms with Gasteiger partial charge in [-0.15, -0.1) is 10.2 Å². The van der Waals surface area contributed by atoms with E-state index in [0.29, 0.717) is 29.9 Å². The lowest BCUT2D eigenvalue weighted by molar-refractivity contribution is -0.137. The molecule has 0 bridgehead atoms. The van der Waals surface area contributed by atoms with E-state index < -0.39 is 5.97 Å². The van der Waals surface area contributed by atoms with Crippen LogP contribution in [0.25, 0.3) is 11.5 Å². The molecule has 6 heteroatoms. The predicted octanol–water partition coefficient (Wildman–Crippen LogP) is 2.59. The van der Waals surface area contributed by atoms with E-state index in [2.05, 4.69) is 10.2 Å². The second-order valence-electron chi connectivity index (χ2n) is 4.21. The lowest BCUT2D eigenvalue weighted by Gasteiger charge is -1.98. The summed E-state index contributed by atoms with van der Waals surface area (Å²) in [7, 11) is 0. The molecule has 1 aromatic carbocycles. The van der Waals surface area contributed by atoms with Crippen molar-refractivity contribution in [2.24, 2.45) is 0 Å². The molecule has 0 aliphatic carbocycles. The Balaban J connectivity index is 2.07. The van der Waals surface area contributed by atoms with Crippen LogP contribution < -0.4 is 0 Å². The molecular formula is C13H13FN2O3. The van der Waals surface area contributed by atoms with Gasteiger partial charge in [-0.3, -0.25) is 4.79 Å². The topological polar surface area (TPSA) is 76.2 Å². The average Bonchev–Trinajstić information content (AvgIpc) is 2.81. The van der Waals surface area contributed by atoms with E-state index >= 15 is 0 Å². The van der Waals surface area contributed by atoms with Crippen molar-refractivity contribution in [1.29, 1.82) is 0 Å². The van der Waals surface area contributed by atoms with E-state index in [1.165, 1.54) is 6.07 Å². The zero-order chi connectivity index (χ0) is 13.8. The highest BCUT2D eigenvalue weighted by atomic mass is 19.1. The van der Waals surface area contributed by atoms with Gasteiger partial charge in [0.15, 0.2) is 0 Å². The van der Waals surface area contributed by atoms with Crippen molar-refractivity contribution in [1.82, 2.24) is 10.2 Å². The summed E-state index contributed by atoms with van der Waals surface area (Å²) < 4.78 is 18.8. The molecule has 0 spiro atoms. The van der Waals surface area contributed by atoms with Gasteiger partial charge in [0, 0.05) is 18.4 Å². The van der Waals surface area contributed by atoms with E-state index in [-0.39, 0.29) is 18.1 Å². The van der Waals surface area contributed by atoms with Crippen LogP contribution in [0.1, 0.15) is 24.3 Å². The Morgan fingerprint density at radius 3 is 2.89 bits per heavy atom. The second kappa shape index (κ2) is 5.60. The summed E-state index contributed by atoms with van der Waals surface area (Å²) in [6.07, 6.45) is 0.879. The Morgan fingerprint density at radius 2 is 2.21 bits per heavy atom. The number of rotatable bonds is 5. The maximum absolute atomic E-state index is 13.4. The Kier molecular flexibility index (Phi) is 3.89. The van der Waals surface area contributed by atoms with Gasteiger partial charge in [0.25, 0.3) is 0 Å². The molecule has 19 heavy (non-hydrogen) atoms. The number of nitrogens with zero attached hydrogens (tertiary/aromatic N) is 2. The van der Waals surface area contributed by atoms with Crippen LogP contribution in [0.2, 0.25) is 0 Å². The maximum Gasteiger partial charge on any atom is 0.303 e. The highest BCUT2D eigenvalue weighted by Gasteiger charge is 2.10. The first kappa shape index (κ1) is 13.2. The molecular weight excluding hydrogens is 251 g/mol. The van der Waals surface area contributed by atoms with Gasteiger partial charge in [-0.1, -0.05) is 6.07 Å². The normalized spacial score (nSPS) is 10.6. The van der Waals surface area contributed by atoms with E-state index in [0.717, 1.165) is 0 Å². The maximum atomic E-state index is 13.4. The quantitative estimate of drug-likeness (QED) is 0.898. The van der Waals surface area contributed by atoms with Crippen LogP contribution in [0, 0.1) is 12.7 Å². The molecule has 0 atom stereocenters. The van der Waals surface area contributed by atoms with Crippen molar-refractivity contribution in [3.63, 3.8) is 0 Å². The number of aromatic nitrogens is 2. The first-order valence-electron chi connectivity index (χ1n) is 5.87. The Bertz CT molecular complexity index is 595. The summed E-state index contributed by atoms with van der Waals surface area (Å²) in [5, 5.41) is 16.2. The first-order chi connectivity index (χ1) is 9.06. The van der Waals surface area contributed by atoms with Crippen molar-refractivity contribution in [2.45, 2.75) is 26.2 Å². The van der Waals surface area contributed by atoms with Gasteiger partial charge in [0.2, 0.25) is 11.8 Å². The van der Waals surface area contributed by atoms with Gasteiger partial charge in [0.1, 0.15) is 5.82 Å². The molecule has 100 valence electrons. The molecule has 0 saturated heterocycles. The molecule has 0 radical (unpaired) electrons. The summed E-state index contributed by atoms with van der Waals surface area (Å²) in [6.45, 7) is 1.67. The number of halogens is 1. The number of carboxylic acids is 1. The number of hydrogen-bond donors (Lipinski definition) is 1. The van der Waals surface area contributed by atoms with Gasteiger partial charge in [-0.25, -0.2) is 4.39 Å². The van der Waals surface area contributed by atoms with E-state index in [1.807, 2.05) is 0 Å². The molecule has 0 saturated carbocycles. The molecule has 1 heterocycles. The lowest BCUT2D eigenvalue weighted by Crippen LogP contribution is -1.95. The second-order valence-corrected chi connectivity index (χ2v) is 4.21. The Morgan fingerprint density at radius 1 is 1.42 bits per heavy atom. The standard InChI is InChI=1S/C13H13FN2O3/c1-8-5-6-9(7-10(8)14)13-16-15-11(19-13)3-2-4-12(17)18/h5-7H,2-4H2,1H3,(H,17,18). The SMILES string of the molecule is Cc1ccc(-c2nnc(CCCC(=O)O)o2)cc1F. The number of carboxylic acid groups (broad SMARTS) is 1. The minimum absolute atomic E-state index is 0.0525. The van der Waals surface area contributed by atoms with Gasteiger partial charge < -0.3 is 9.52 Å². The fraction of sp³-hybridized carbons (Fsp3) is 0.308. The minimum atomic E-state index is -0.861. The summed E-state index contributed by atoms with van der Waals surface area (Å²) >= 11 is 0. The molecule has 5 nitrogen and oxygen atoms in total. The molecule has 1 aromatic heterocycles. The first-order valence-corrected chi connectivity index (χ1v) is 5.87. The fourth-order valence-electron chi connectivity index (χ4n) is 1.59. The van der Waals surface area contributed by atoms with E-state index in [4.69, 9.17) is 9.52 Å². The minimum Gasteiger partial charge on any atom is -0.481 e. The smallest absolute Gasteiger partial charge is 0.303 e. The average molecular weight is 264 g/mol. The van der Waals surface area contributed by atoms with Crippen LogP contribution in [-0.4, -0.2) is 21.3 Å². The molecule has 0 aliphatic rings. The molecule has 0 aliphatic heterocycles. The van der Waals surface area contributed by atoms with E-state index in [9.17, 15) is 9.18 Å². The van der Waals surface area contributed by atoms with Gasteiger partial charge in [0.05, 0.1) is 0 Å². The summed E-state index contributed by atoms with van der Waals surface area (Å²) in [4.78, 5) is 10.4. The third kappa shape index (κ3) is 3.37. The Labute approximate surface area is 109 Å². The summed E-state index contributed by atoms with van der Waals surface area (Å²) in [6, 6.07) is 4.68. The molecule has 0 unspecified atom stereocenters. The number of hydrogen-bond acceptors (Lipinski definition) is 4. The largest absolute Gasteiger partial charge is 0.481 e. The van der Waals surface area contributed by atoms with Crippen molar-refractivity contribution in [3.8, 4) is 11.5 Å². The molecule has 2 aromatic rings. The zero-order valence-electron chi connectivity index (χ0n) is 10.4. The summed E-state index contributed by atoms with van der Waals surface area (Å²) in [5.74, 6) is -0.593. The third-order valence-corrected chi connectivity index (χ3v) is 2.67. The van der Waals surface area contributed by atoms with Gasteiger partial charge in [-0.2, -0.15) is 0 Å². The van der Waals surface area contributed by atoms with Crippen molar-refractivity contribution >= 4 is 5.97 Å². The number of aryl methyl sites for hydroxylation is 2. The predicted molar refractivity (Wildman–Crippen MR) is 65.0 cm³/mol. The van der Waals surface area contributed by atoms with Crippen LogP contribution in [0.4, 0.5) is 4.39 Å². The molecule has 0 fully saturated rings. The monoisotopic (exact) mass is 264 g/mol. The fourth-order valence-corrected chi connectivity index (χ4v) is 1.59. The lowest BCUT2D eigenvalue weighted by atomic mass is 10.1. The van der Waals surface area contributed by atoms with Crippen LogP contribution in [0.5, 0.6) is 0 Å². The van der Waals surface area contributed by atoms with Crippen LogP contribution in [-0.2, 0) is 11.2 Å². The Hall–Kier alpha value is -2.24. The van der Waals surface area contributed by atoms with Crippen LogP contribution in [0.3, 0.4) is 0 Å². The highest BCUT2D eigenvalue weighted by Crippen LogP contribution is 2.21. The van der Waals surface area contributed by atoms with E-state index in [1.54, 1.807) is 19.1 Å². The van der Waals surface area contributed by atoms with Crippen LogP contribution >= 0.6 is 0 Å². The zero-order valence-corrected chi connectivity index (χ0v) is 10.4. The highest BCUT2D eigenvalue weighted by molar-refractivity contribution is 5.66. The molecule has 2 rings (SSSR count).